The number of tetrazole rings is 1. The number of rotatable bonds is 5. The number of aromatic nitrogens is 6. The van der Waals surface area contributed by atoms with Gasteiger partial charge in [0, 0.05) is 22.2 Å². The number of nitrogens with one attached hydrogen (secondary N) is 1. The molecule has 26 heavy (non-hydrogen) atoms. The second kappa shape index (κ2) is 7.19. The van der Waals surface area contributed by atoms with Crippen LogP contribution < -0.4 is 5.32 Å². The highest BCUT2D eigenvalue weighted by Gasteiger charge is 2.09. The molecule has 1 N–H and O–H groups in total. The molecule has 1 amide bonds. The average Bonchev–Trinajstić information content (AvgIpc) is 3.35. The van der Waals surface area contributed by atoms with E-state index in [2.05, 4.69) is 30.3 Å². The van der Waals surface area contributed by atoms with E-state index < -0.39 is 0 Å². The van der Waals surface area contributed by atoms with Crippen LogP contribution in [-0.4, -0.2) is 35.7 Å². The third kappa shape index (κ3) is 3.62. The van der Waals surface area contributed by atoms with E-state index in [0.717, 1.165) is 16.8 Å². The Hall–Kier alpha value is -3.46. The van der Waals surface area contributed by atoms with Gasteiger partial charge in [0.05, 0.1) is 0 Å². The molecule has 0 spiro atoms. The zero-order chi connectivity index (χ0) is 17.8. The van der Waals surface area contributed by atoms with E-state index in [4.69, 9.17) is 0 Å². The van der Waals surface area contributed by atoms with Crippen molar-refractivity contribution in [1.82, 2.24) is 29.8 Å². The van der Waals surface area contributed by atoms with Crippen LogP contribution in [0.15, 0.2) is 60.0 Å². The minimum atomic E-state index is -0.231. The van der Waals surface area contributed by atoms with Gasteiger partial charge < -0.3 is 5.32 Å². The maximum Gasteiger partial charge on any atom is 0.248 e. The van der Waals surface area contributed by atoms with Crippen LogP contribution in [0, 0.1) is 0 Å². The highest BCUT2D eigenvalue weighted by molar-refractivity contribution is 7.03. The highest BCUT2D eigenvalue weighted by atomic mass is 32.1. The van der Waals surface area contributed by atoms with Gasteiger partial charge >= 0.3 is 0 Å². The molecule has 0 aliphatic rings. The fraction of sp³-hybridized carbons (Fsp3) is 0.0588. The fourth-order valence-electron chi connectivity index (χ4n) is 2.36. The van der Waals surface area contributed by atoms with Gasteiger partial charge in [0.2, 0.25) is 11.7 Å². The molecule has 0 aliphatic carbocycles. The normalized spacial score (nSPS) is 10.6. The van der Waals surface area contributed by atoms with Gasteiger partial charge in [0.15, 0.2) is 0 Å². The fourth-order valence-corrected chi connectivity index (χ4v) is 2.82. The molecule has 9 heteroatoms. The van der Waals surface area contributed by atoms with Crippen LogP contribution in [0.4, 0.5) is 5.69 Å². The van der Waals surface area contributed by atoms with Crippen LogP contribution in [0.3, 0.4) is 0 Å². The van der Waals surface area contributed by atoms with E-state index in [-0.39, 0.29) is 12.5 Å². The first-order valence-corrected chi connectivity index (χ1v) is 8.62. The average molecular weight is 363 g/mol. The Labute approximate surface area is 152 Å². The number of anilines is 1. The SMILES string of the molecule is O=C(Cn1nnc(-c2ccccc2)n1)Nc1ccc(-c2csnn2)cc1. The zero-order valence-corrected chi connectivity index (χ0v) is 14.3. The number of carbonyl (C=O) groups excluding carboxylic acids is 1. The predicted octanol–water partition coefficient (Wildman–Crippen LogP) is 2.50. The Balaban J connectivity index is 1.39. The summed E-state index contributed by atoms with van der Waals surface area (Å²) < 4.78 is 3.84. The molecule has 0 unspecified atom stereocenters. The van der Waals surface area contributed by atoms with Crippen molar-refractivity contribution >= 4 is 23.1 Å². The van der Waals surface area contributed by atoms with E-state index in [1.807, 2.05) is 60.0 Å². The Morgan fingerprint density at radius 1 is 1.00 bits per heavy atom. The van der Waals surface area contributed by atoms with Crippen molar-refractivity contribution in [3.8, 4) is 22.6 Å². The van der Waals surface area contributed by atoms with Crippen molar-refractivity contribution in [2.75, 3.05) is 5.32 Å². The first-order valence-electron chi connectivity index (χ1n) is 7.78. The molecular weight excluding hydrogens is 350 g/mol. The minimum Gasteiger partial charge on any atom is -0.324 e. The smallest absolute Gasteiger partial charge is 0.248 e. The van der Waals surface area contributed by atoms with Crippen molar-refractivity contribution in [3.63, 3.8) is 0 Å². The summed E-state index contributed by atoms with van der Waals surface area (Å²) in [6, 6.07) is 16.9. The Morgan fingerprint density at radius 3 is 2.54 bits per heavy atom. The lowest BCUT2D eigenvalue weighted by molar-refractivity contribution is -0.117. The van der Waals surface area contributed by atoms with Crippen LogP contribution >= 0.6 is 11.5 Å². The lowest BCUT2D eigenvalue weighted by atomic mass is 10.1. The van der Waals surface area contributed by atoms with Gasteiger partial charge in [0.25, 0.3) is 0 Å². The van der Waals surface area contributed by atoms with Gasteiger partial charge in [-0.15, -0.1) is 15.3 Å². The maximum atomic E-state index is 12.2. The van der Waals surface area contributed by atoms with Crippen molar-refractivity contribution < 1.29 is 4.79 Å². The molecule has 0 aliphatic heterocycles. The summed E-state index contributed by atoms with van der Waals surface area (Å²) in [5.41, 5.74) is 3.30. The van der Waals surface area contributed by atoms with Gasteiger partial charge in [-0.25, -0.2) is 0 Å². The summed E-state index contributed by atoms with van der Waals surface area (Å²) in [4.78, 5) is 13.5. The summed E-state index contributed by atoms with van der Waals surface area (Å²) in [7, 11) is 0. The van der Waals surface area contributed by atoms with Crippen LogP contribution in [0.5, 0.6) is 0 Å². The van der Waals surface area contributed by atoms with Gasteiger partial charge in [-0.2, -0.15) is 4.80 Å². The van der Waals surface area contributed by atoms with Crippen LogP contribution in [0.1, 0.15) is 0 Å². The molecule has 0 saturated heterocycles. The summed E-state index contributed by atoms with van der Waals surface area (Å²) in [6.07, 6.45) is 0. The minimum absolute atomic E-state index is 0.0163. The molecular formula is C17H13N7OS. The number of benzene rings is 2. The number of carbonyl (C=O) groups is 1. The van der Waals surface area contributed by atoms with E-state index in [9.17, 15) is 4.79 Å². The van der Waals surface area contributed by atoms with E-state index in [1.54, 1.807) is 0 Å². The second-order valence-corrected chi connectivity index (χ2v) is 6.03. The Morgan fingerprint density at radius 2 is 1.81 bits per heavy atom. The molecule has 2 aromatic heterocycles. The Bertz CT molecular complexity index is 997. The third-order valence-electron chi connectivity index (χ3n) is 3.59. The third-order valence-corrected chi connectivity index (χ3v) is 4.10. The maximum absolute atomic E-state index is 12.2. The topological polar surface area (TPSA) is 98.5 Å². The van der Waals surface area contributed by atoms with Crippen molar-refractivity contribution in [2.45, 2.75) is 6.54 Å². The van der Waals surface area contributed by atoms with Gasteiger partial charge in [-0.05, 0) is 28.9 Å². The van der Waals surface area contributed by atoms with E-state index in [0.29, 0.717) is 11.5 Å². The largest absolute Gasteiger partial charge is 0.324 e. The number of nitrogens with zero attached hydrogens (tertiary/aromatic N) is 6. The molecule has 4 aromatic rings. The first-order chi connectivity index (χ1) is 12.8. The molecule has 0 bridgehead atoms. The van der Waals surface area contributed by atoms with Gasteiger partial charge in [-0.1, -0.05) is 47.0 Å². The molecule has 0 radical (unpaired) electrons. The molecule has 128 valence electrons. The number of hydrogen-bond donors (Lipinski definition) is 1. The molecule has 0 fully saturated rings. The lowest BCUT2D eigenvalue weighted by Gasteiger charge is -2.05. The summed E-state index contributed by atoms with van der Waals surface area (Å²) >= 11 is 1.30. The predicted molar refractivity (Wildman–Crippen MR) is 97.2 cm³/mol. The van der Waals surface area contributed by atoms with Crippen LogP contribution in [0.25, 0.3) is 22.6 Å². The van der Waals surface area contributed by atoms with Crippen LogP contribution in [0.2, 0.25) is 0 Å². The summed E-state index contributed by atoms with van der Waals surface area (Å²) in [5, 5.41) is 20.8. The summed E-state index contributed by atoms with van der Waals surface area (Å²) in [5.74, 6) is 0.254. The van der Waals surface area contributed by atoms with E-state index >= 15 is 0 Å². The summed E-state index contributed by atoms with van der Waals surface area (Å²) in [6.45, 7) is -0.0163. The highest BCUT2D eigenvalue weighted by Crippen LogP contribution is 2.20. The number of hydrogen-bond acceptors (Lipinski definition) is 7. The monoisotopic (exact) mass is 363 g/mol. The molecule has 4 rings (SSSR count). The quantitative estimate of drug-likeness (QED) is 0.585. The zero-order valence-electron chi connectivity index (χ0n) is 13.5. The molecule has 8 nitrogen and oxygen atoms in total. The standard InChI is InChI=1S/C17H13N7OS/c25-16(10-24-21-17(20-22-24)13-4-2-1-3-5-13)18-14-8-6-12(7-9-14)15-11-26-23-19-15/h1-9,11H,10H2,(H,18,25). The second-order valence-electron chi connectivity index (χ2n) is 5.43. The van der Waals surface area contributed by atoms with E-state index in [1.165, 1.54) is 16.3 Å². The van der Waals surface area contributed by atoms with Crippen molar-refractivity contribution in [3.05, 3.63) is 60.0 Å². The first kappa shape index (κ1) is 16.0. The number of amides is 1. The van der Waals surface area contributed by atoms with Crippen molar-refractivity contribution in [2.24, 2.45) is 0 Å². The molecule has 2 heterocycles. The van der Waals surface area contributed by atoms with Crippen LogP contribution in [-0.2, 0) is 11.3 Å². The molecule has 0 saturated carbocycles. The van der Waals surface area contributed by atoms with Gasteiger partial charge in [-0.3, -0.25) is 4.79 Å². The van der Waals surface area contributed by atoms with Crippen molar-refractivity contribution in [1.29, 1.82) is 0 Å². The lowest BCUT2D eigenvalue weighted by Crippen LogP contribution is -2.20. The van der Waals surface area contributed by atoms with Gasteiger partial charge in [0.1, 0.15) is 12.2 Å². The molecule has 0 atom stereocenters. The Kier molecular flexibility index (Phi) is 4.44. The molecule has 2 aromatic carbocycles.